The van der Waals surface area contributed by atoms with Gasteiger partial charge in [-0.15, -0.1) is 0 Å². The Kier molecular flexibility index (Phi) is 7.87. The van der Waals surface area contributed by atoms with Gasteiger partial charge in [-0.1, -0.05) is 42.5 Å². The highest BCUT2D eigenvalue weighted by Crippen LogP contribution is 2.20. The summed E-state index contributed by atoms with van der Waals surface area (Å²) in [4.78, 5) is 11.2. The maximum absolute atomic E-state index is 13.3. The Hall–Kier alpha value is -3.45. The third kappa shape index (κ3) is 7.02. The highest BCUT2D eigenvalue weighted by molar-refractivity contribution is 5.79. The van der Waals surface area contributed by atoms with E-state index in [1.54, 1.807) is 31.4 Å². The van der Waals surface area contributed by atoms with Gasteiger partial charge >= 0.3 is 0 Å². The lowest BCUT2D eigenvalue weighted by atomic mass is 10.0. The molecule has 1 aliphatic rings. The summed E-state index contributed by atoms with van der Waals surface area (Å²) in [6, 6.07) is 20.8. The number of ether oxygens (including phenoxy) is 1. The van der Waals surface area contributed by atoms with Crippen LogP contribution in [0, 0.1) is 5.82 Å². The van der Waals surface area contributed by atoms with Crippen molar-refractivity contribution in [1.82, 2.24) is 20.5 Å². The number of hydrogen-bond donors (Lipinski definition) is 2. The Morgan fingerprint density at radius 2 is 1.88 bits per heavy atom. The minimum Gasteiger partial charge on any atom is -0.439 e. The van der Waals surface area contributed by atoms with E-state index < -0.39 is 0 Å². The molecule has 1 aliphatic heterocycles. The number of aliphatic imine (C=N–C) groups is 1. The number of nitrogens with zero attached hydrogens (tertiary/aromatic N) is 3. The van der Waals surface area contributed by atoms with Crippen LogP contribution in [0.25, 0.3) is 0 Å². The highest BCUT2D eigenvalue weighted by atomic mass is 19.1. The molecule has 1 saturated heterocycles. The van der Waals surface area contributed by atoms with Crippen molar-refractivity contribution >= 4 is 5.96 Å². The third-order valence-corrected chi connectivity index (χ3v) is 5.68. The van der Waals surface area contributed by atoms with E-state index in [1.807, 2.05) is 6.07 Å². The number of likely N-dealkylation sites (tertiary alicyclic amines) is 1. The van der Waals surface area contributed by atoms with Crippen LogP contribution in [0.3, 0.4) is 0 Å². The zero-order valence-electron chi connectivity index (χ0n) is 18.9. The summed E-state index contributed by atoms with van der Waals surface area (Å²) in [5, 5.41) is 6.90. The fourth-order valence-electron chi connectivity index (χ4n) is 3.88. The second-order valence-electron chi connectivity index (χ2n) is 8.17. The molecule has 0 radical (unpaired) electrons. The number of pyridine rings is 1. The molecular weight excluding hydrogens is 417 g/mol. The molecule has 6 nitrogen and oxygen atoms in total. The summed E-state index contributed by atoms with van der Waals surface area (Å²) in [5.74, 6) is 1.30. The molecule has 0 aliphatic carbocycles. The fraction of sp³-hybridized carbons (Fsp3) is 0.308. The van der Waals surface area contributed by atoms with Crippen molar-refractivity contribution in [1.29, 1.82) is 0 Å². The summed E-state index contributed by atoms with van der Waals surface area (Å²) >= 11 is 0. The highest BCUT2D eigenvalue weighted by Gasteiger charge is 2.20. The molecular formula is C26H30FN5O. The zero-order valence-corrected chi connectivity index (χ0v) is 18.9. The van der Waals surface area contributed by atoms with Gasteiger partial charge in [0.2, 0.25) is 5.88 Å². The SMILES string of the molecule is CN=C(NCc1ccc(Oc2cccc(F)c2)nc1)NC1CCN(Cc2ccccc2)CC1. The van der Waals surface area contributed by atoms with Crippen molar-refractivity contribution < 1.29 is 9.13 Å². The number of rotatable bonds is 7. The summed E-state index contributed by atoms with van der Waals surface area (Å²) in [6.07, 6.45) is 3.92. The topological polar surface area (TPSA) is 61.8 Å². The maximum atomic E-state index is 13.3. The number of guanidine groups is 1. The first-order chi connectivity index (χ1) is 16.2. The first-order valence-corrected chi connectivity index (χ1v) is 11.3. The van der Waals surface area contributed by atoms with E-state index in [1.165, 1.54) is 17.7 Å². The summed E-state index contributed by atoms with van der Waals surface area (Å²) in [7, 11) is 1.79. The molecule has 2 N–H and O–H groups in total. The van der Waals surface area contributed by atoms with E-state index in [2.05, 4.69) is 55.8 Å². The van der Waals surface area contributed by atoms with E-state index >= 15 is 0 Å². The molecule has 0 atom stereocenters. The van der Waals surface area contributed by atoms with Gasteiger partial charge in [-0.2, -0.15) is 0 Å². The van der Waals surface area contributed by atoms with Crippen molar-refractivity contribution in [3.05, 3.63) is 89.9 Å². The number of aromatic nitrogens is 1. The predicted octanol–water partition coefficient (Wildman–Crippen LogP) is 4.34. The van der Waals surface area contributed by atoms with Crippen LogP contribution in [0.4, 0.5) is 4.39 Å². The standard InChI is InChI=1S/C26H30FN5O/c1-28-26(31-23-12-14-32(15-13-23)19-20-6-3-2-4-7-20)30-18-21-10-11-25(29-17-21)33-24-9-5-8-22(27)16-24/h2-11,16-17,23H,12-15,18-19H2,1H3,(H2,28,30,31). The van der Waals surface area contributed by atoms with Crippen LogP contribution >= 0.6 is 0 Å². The fourth-order valence-corrected chi connectivity index (χ4v) is 3.88. The van der Waals surface area contributed by atoms with Crippen molar-refractivity contribution in [2.45, 2.75) is 32.0 Å². The molecule has 0 amide bonds. The number of benzene rings is 2. The van der Waals surface area contributed by atoms with Gasteiger partial charge < -0.3 is 15.4 Å². The Balaban J connectivity index is 1.20. The lowest BCUT2D eigenvalue weighted by Gasteiger charge is -2.33. The average molecular weight is 448 g/mol. The van der Waals surface area contributed by atoms with Gasteiger partial charge in [0.25, 0.3) is 0 Å². The van der Waals surface area contributed by atoms with Gasteiger partial charge in [0.1, 0.15) is 11.6 Å². The van der Waals surface area contributed by atoms with E-state index in [9.17, 15) is 4.39 Å². The predicted molar refractivity (Wildman–Crippen MR) is 129 cm³/mol. The van der Waals surface area contributed by atoms with Gasteiger partial charge in [0.05, 0.1) is 0 Å². The van der Waals surface area contributed by atoms with E-state index in [0.717, 1.165) is 44.0 Å². The molecule has 2 aromatic carbocycles. The van der Waals surface area contributed by atoms with Crippen LogP contribution in [0.2, 0.25) is 0 Å². The van der Waals surface area contributed by atoms with Crippen molar-refractivity contribution in [3.8, 4) is 11.6 Å². The van der Waals surface area contributed by atoms with Crippen LogP contribution in [0.1, 0.15) is 24.0 Å². The molecule has 172 valence electrons. The Labute approximate surface area is 194 Å². The minimum absolute atomic E-state index is 0.339. The molecule has 1 fully saturated rings. The van der Waals surface area contributed by atoms with Gasteiger partial charge in [0, 0.05) is 57.6 Å². The first kappa shape index (κ1) is 22.7. The van der Waals surface area contributed by atoms with Crippen molar-refractivity contribution in [3.63, 3.8) is 0 Å². The first-order valence-electron chi connectivity index (χ1n) is 11.3. The average Bonchev–Trinajstić information content (AvgIpc) is 2.84. The largest absolute Gasteiger partial charge is 0.439 e. The van der Waals surface area contributed by atoms with Crippen molar-refractivity contribution in [2.75, 3.05) is 20.1 Å². The van der Waals surface area contributed by atoms with Crippen LogP contribution in [0.5, 0.6) is 11.6 Å². The Bertz CT molecular complexity index is 1030. The molecule has 0 unspecified atom stereocenters. The van der Waals surface area contributed by atoms with E-state index in [0.29, 0.717) is 24.2 Å². The van der Waals surface area contributed by atoms with E-state index in [4.69, 9.17) is 4.74 Å². The molecule has 1 aromatic heterocycles. The molecule has 3 aromatic rings. The van der Waals surface area contributed by atoms with Crippen molar-refractivity contribution in [2.24, 2.45) is 4.99 Å². The van der Waals surface area contributed by atoms with Crippen LogP contribution < -0.4 is 15.4 Å². The van der Waals surface area contributed by atoms with Gasteiger partial charge in [-0.05, 0) is 36.1 Å². The van der Waals surface area contributed by atoms with Gasteiger partial charge in [-0.3, -0.25) is 9.89 Å². The second kappa shape index (κ2) is 11.4. The molecule has 33 heavy (non-hydrogen) atoms. The molecule has 2 heterocycles. The third-order valence-electron chi connectivity index (χ3n) is 5.68. The Morgan fingerprint density at radius 1 is 1.06 bits per heavy atom. The Morgan fingerprint density at radius 3 is 2.58 bits per heavy atom. The van der Waals surface area contributed by atoms with Crippen LogP contribution in [-0.2, 0) is 13.1 Å². The lowest BCUT2D eigenvalue weighted by molar-refractivity contribution is 0.198. The maximum Gasteiger partial charge on any atom is 0.219 e. The van der Waals surface area contributed by atoms with Crippen LogP contribution in [0.15, 0.2) is 77.9 Å². The van der Waals surface area contributed by atoms with E-state index in [-0.39, 0.29) is 5.82 Å². The molecule has 0 bridgehead atoms. The lowest BCUT2D eigenvalue weighted by Crippen LogP contribution is -2.48. The second-order valence-corrected chi connectivity index (χ2v) is 8.17. The van der Waals surface area contributed by atoms with Gasteiger partial charge in [-0.25, -0.2) is 9.37 Å². The monoisotopic (exact) mass is 447 g/mol. The summed E-state index contributed by atoms with van der Waals surface area (Å²) < 4.78 is 18.9. The quantitative estimate of drug-likeness (QED) is 0.417. The molecule has 0 spiro atoms. The van der Waals surface area contributed by atoms with Gasteiger partial charge in [0.15, 0.2) is 5.96 Å². The molecule has 4 rings (SSSR count). The number of nitrogens with one attached hydrogen (secondary N) is 2. The molecule has 7 heteroatoms. The number of halogens is 1. The number of piperidine rings is 1. The normalized spacial score (nSPS) is 15.3. The zero-order chi connectivity index (χ0) is 22.9. The van der Waals surface area contributed by atoms with Crippen LogP contribution in [-0.4, -0.2) is 42.0 Å². The minimum atomic E-state index is -0.339. The smallest absolute Gasteiger partial charge is 0.219 e. The summed E-state index contributed by atoms with van der Waals surface area (Å²) in [5.41, 5.74) is 2.37. The number of hydrogen-bond acceptors (Lipinski definition) is 4. The molecule has 0 saturated carbocycles. The summed E-state index contributed by atoms with van der Waals surface area (Å²) in [6.45, 7) is 3.74.